The molecule has 0 atom stereocenters. The maximum absolute atomic E-state index is 11.3. The minimum absolute atomic E-state index is 0.0250. The molecule has 0 saturated carbocycles. The number of aromatic nitrogens is 1. The molecule has 3 nitrogen and oxygen atoms in total. The van der Waals surface area contributed by atoms with Crippen molar-refractivity contribution in [3.63, 3.8) is 0 Å². The van der Waals surface area contributed by atoms with E-state index in [0.717, 1.165) is 5.52 Å². The predicted molar refractivity (Wildman–Crippen MR) is 53.4 cm³/mol. The highest BCUT2D eigenvalue weighted by atomic mass is 16.3. The third-order valence-corrected chi connectivity index (χ3v) is 2.09. The van der Waals surface area contributed by atoms with Gasteiger partial charge in [-0.2, -0.15) is 0 Å². The zero-order valence-electron chi connectivity index (χ0n) is 7.69. The van der Waals surface area contributed by atoms with Gasteiger partial charge in [-0.15, -0.1) is 0 Å². The van der Waals surface area contributed by atoms with E-state index in [-0.39, 0.29) is 11.5 Å². The monoisotopic (exact) mass is 187 g/mol. The van der Waals surface area contributed by atoms with Gasteiger partial charge < -0.3 is 5.11 Å². The number of nitrogens with zero attached hydrogens (tertiary/aromatic N) is 1. The Morgan fingerprint density at radius 3 is 2.93 bits per heavy atom. The third-order valence-electron chi connectivity index (χ3n) is 2.09. The molecule has 1 N–H and O–H groups in total. The van der Waals surface area contributed by atoms with Crippen molar-refractivity contribution in [2.45, 2.75) is 6.92 Å². The van der Waals surface area contributed by atoms with Gasteiger partial charge in [0.2, 0.25) is 0 Å². The van der Waals surface area contributed by atoms with Crippen LogP contribution in [-0.4, -0.2) is 15.9 Å². The molecule has 0 aliphatic carbocycles. The molecule has 0 bridgehead atoms. The van der Waals surface area contributed by atoms with E-state index >= 15 is 0 Å². The SMILES string of the molecule is CC(=O)c1cccc2ncc(O)cc12. The van der Waals surface area contributed by atoms with Crippen LogP contribution in [0.25, 0.3) is 10.9 Å². The van der Waals surface area contributed by atoms with Crippen molar-refractivity contribution in [1.82, 2.24) is 4.98 Å². The van der Waals surface area contributed by atoms with Gasteiger partial charge in [0.05, 0.1) is 11.7 Å². The Hall–Kier alpha value is -1.90. The van der Waals surface area contributed by atoms with Crippen molar-refractivity contribution in [3.05, 3.63) is 36.0 Å². The number of ketones is 1. The molecule has 0 amide bonds. The first-order chi connectivity index (χ1) is 6.68. The molecule has 0 fully saturated rings. The lowest BCUT2D eigenvalue weighted by Crippen LogP contribution is -1.93. The fourth-order valence-corrected chi connectivity index (χ4v) is 1.45. The fourth-order valence-electron chi connectivity index (χ4n) is 1.45. The van der Waals surface area contributed by atoms with E-state index in [1.165, 1.54) is 13.1 Å². The Morgan fingerprint density at radius 1 is 1.43 bits per heavy atom. The van der Waals surface area contributed by atoms with Gasteiger partial charge in [0.25, 0.3) is 0 Å². The number of hydrogen-bond donors (Lipinski definition) is 1. The lowest BCUT2D eigenvalue weighted by Gasteiger charge is -2.02. The van der Waals surface area contributed by atoms with Crippen LogP contribution in [0.1, 0.15) is 17.3 Å². The first-order valence-electron chi connectivity index (χ1n) is 4.27. The van der Waals surface area contributed by atoms with Crippen LogP contribution in [0.15, 0.2) is 30.5 Å². The van der Waals surface area contributed by atoms with Crippen LogP contribution in [0, 0.1) is 0 Å². The molecule has 70 valence electrons. The van der Waals surface area contributed by atoms with Gasteiger partial charge in [-0.1, -0.05) is 12.1 Å². The Kier molecular flexibility index (Phi) is 1.93. The summed E-state index contributed by atoms with van der Waals surface area (Å²) in [7, 11) is 0. The van der Waals surface area contributed by atoms with Crippen LogP contribution in [0.2, 0.25) is 0 Å². The van der Waals surface area contributed by atoms with Crippen molar-refractivity contribution in [2.75, 3.05) is 0 Å². The van der Waals surface area contributed by atoms with Crippen molar-refractivity contribution in [2.24, 2.45) is 0 Å². The standard InChI is InChI=1S/C11H9NO2/c1-7(13)9-3-2-4-11-10(9)5-8(14)6-12-11/h2-6,14H,1H3. The lowest BCUT2D eigenvalue weighted by atomic mass is 10.1. The van der Waals surface area contributed by atoms with E-state index < -0.39 is 0 Å². The summed E-state index contributed by atoms with van der Waals surface area (Å²) in [6.45, 7) is 1.50. The average Bonchev–Trinajstić information content (AvgIpc) is 2.16. The quantitative estimate of drug-likeness (QED) is 0.696. The molecule has 0 saturated heterocycles. The van der Waals surface area contributed by atoms with Gasteiger partial charge in [0, 0.05) is 10.9 Å². The van der Waals surface area contributed by atoms with E-state index in [4.69, 9.17) is 0 Å². The predicted octanol–water partition coefficient (Wildman–Crippen LogP) is 2.14. The Labute approximate surface area is 81.0 Å². The summed E-state index contributed by atoms with van der Waals surface area (Å²) in [5.74, 6) is 0.0502. The van der Waals surface area contributed by atoms with Crippen molar-refractivity contribution in [3.8, 4) is 5.75 Å². The van der Waals surface area contributed by atoms with E-state index in [0.29, 0.717) is 10.9 Å². The Morgan fingerprint density at radius 2 is 2.21 bits per heavy atom. The zero-order valence-corrected chi connectivity index (χ0v) is 7.69. The van der Waals surface area contributed by atoms with Gasteiger partial charge >= 0.3 is 0 Å². The molecule has 1 aromatic heterocycles. The number of pyridine rings is 1. The van der Waals surface area contributed by atoms with Crippen molar-refractivity contribution in [1.29, 1.82) is 0 Å². The fraction of sp³-hybridized carbons (Fsp3) is 0.0909. The molecule has 0 aliphatic rings. The molecule has 2 aromatic rings. The van der Waals surface area contributed by atoms with E-state index in [2.05, 4.69) is 4.98 Å². The largest absolute Gasteiger partial charge is 0.506 e. The van der Waals surface area contributed by atoms with Gasteiger partial charge in [-0.3, -0.25) is 9.78 Å². The summed E-state index contributed by atoms with van der Waals surface area (Å²) in [4.78, 5) is 15.3. The zero-order chi connectivity index (χ0) is 10.1. The molecule has 0 spiro atoms. The molecule has 14 heavy (non-hydrogen) atoms. The molecule has 3 heteroatoms. The first kappa shape index (κ1) is 8.69. The summed E-state index contributed by atoms with van der Waals surface area (Å²) in [5.41, 5.74) is 1.31. The summed E-state index contributed by atoms with van der Waals surface area (Å²) < 4.78 is 0. The second-order valence-corrected chi connectivity index (χ2v) is 3.12. The molecule has 0 radical (unpaired) electrons. The Balaban J connectivity index is 2.84. The van der Waals surface area contributed by atoms with Gasteiger partial charge in [0.1, 0.15) is 5.75 Å². The lowest BCUT2D eigenvalue weighted by molar-refractivity contribution is 0.101. The van der Waals surface area contributed by atoms with Crippen LogP contribution < -0.4 is 0 Å². The van der Waals surface area contributed by atoms with Gasteiger partial charge in [0.15, 0.2) is 5.78 Å². The Bertz CT molecular complexity index is 506. The molecular formula is C11H9NO2. The van der Waals surface area contributed by atoms with Crippen molar-refractivity contribution < 1.29 is 9.90 Å². The van der Waals surface area contributed by atoms with Crippen LogP contribution in [0.4, 0.5) is 0 Å². The topological polar surface area (TPSA) is 50.2 Å². The average molecular weight is 187 g/mol. The first-order valence-corrected chi connectivity index (χ1v) is 4.27. The highest BCUT2D eigenvalue weighted by molar-refractivity contribution is 6.06. The molecule has 2 rings (SSSR count). The molecular weight excluding hydrogens is 178 g/mol. The number of benzene rings is 1. The third kappa shape index (κ3) is 1.33. The summed E-state index contributed by atoms with van der Waals surface area (Å²) in [6, 6.07) is 6.87. The number of rotatable bonds is 1. The maximum atomic E-state index is 11.3. The molecule has 0 aliphatic heterocycles. The number of hydrogen-bond acceptors (Lipinski definition) is 3. The normalized spacial score (nSPS) is 10.4. The van der Waals surface area contributed by atoms with E-state index in [9.17, 15) is 9.90 Å². The number of fused-ring (bicyclic) bond motifs is 1. The van der Waals surface area contributed by atoms with Crippen molar-refractivity contribution >= 4 is 16.7 Å². The van der Waals surface area contributed by atoms with Crippen LogP contribution in [-0.2, 0) is 0 Å². The highest BCUT2D eigenvalue weighted by Gasteiger charge is 2.06. The highest BCUT2D eigenvalue weighted by Crippen LogP contribution is 2.21. The molecule has 0 unspecified atom stereocenters. The smallest absolute Gasteiger partial charge is 0.160 e. The van der Waals surface area contributed by atoms with Gasteiger partial charge in [-0.25, -0.2) is 0 Å². The number of aromatic hydroxyl groups is 1. The van der Waals surface area contributed by atoms with E-state index in [1.54, 1.807) is 24.3 Å². The summed E-state index contributed by atoms with van der Waals surface area (Å²) in [5, 5.41) is 9.96. The summed E-state index contributed by atoms with van der Waals surface area (Å²) >= 11 is 0. The molecule has 1 aromatic carbocycles. The number of carbonyl (C=O) groups is 1. The van der Waals surface area contributed by atoms with Crippen LogP contribution in [0.3, 0.4) is 0 Å². The minimum Gasteiger partial charge on any atom is -0.506 e. The maximum Gasteiger partial charge on any atom is 0.160 e. The van der Waals surface area contributed by atoms with Crippen LogP contribution in [0.5, 0.6) is 5.75 Å². The summed E-state index contributed by atoms with van der Waals surface area (Å²) in [6.07, 6.45) is 1.37. The number of Topliss-reactive ketones (excluding diaryl/α,β-unsaturated/α-hetero) is 1. The van der Waals surface area contributed by atoms with Gasteiger partial charge in [-0.05, 0) is 19.1 Å². The molecule has 1 heterocycles. The second kappa shape index (κ2) is 3.10. The minimum atomic E-state index is -0.0250. The van der Waals surface area contributed by atoms with E-state index in [1.807, 2.05) is 0 Å². The second-order valence-electron chi connectivity index (χ2n) is 3.12. The number of carbonyl (C=O) groups excluding carboxylic acids is 1. The van der Waals surface area contributed by atoms with Crippen LogP contribution >= 0.6 is 0 Å².